The molecular formula is C48H93NO11S. The van der Waals surface area contributed by atoms with E-state index in [-0.39, 0.29) is 18.9 Å². The average Bonchev–Trinajstić information content (AvgIpc) is 3.23. The molecule has 6 N–H and O–H groups in total. The third-order valence-electron chi connectivity index (χ3n) is 12.1. The molecule has 13 heteroatoms. The molecule has 0 saturated carbocycles. The molecule has 362 valence electrons. The molecule has 61 heavy (non-hydrogen) atoms. The molecule has 0 radical (unpaired) electrons. The first-order valence-corrected chi connectivity index (χ1v) is 26.4. The van der Waals surface area contributed by atoms with Gasteiger partial charge in [0.2, 0.25) is 5.91 Å². The molecular weight excluding hydrogens is 799 g/mol. The zero-order valence-electron chi connectivity index (χ0n) is 38.7. The van der Waals surface area contributed by atoms with Crippen LogP contribution in [0.5, 0.6) is 0 Å². The molecule has 0 spiro atoms. The zero-order valence-corrected chi connectivity index (χ0v) is 39.6. The van der Waals surface area contributed by atoms with E-state index in [1.165, 1.54) is 167 Å². The number of carbonyl (C=O) groups excluding carboxylic acids is 1. The summed E-state index contributed by atoms with van der Waals surface area (Å²) in [7, 11) is -5.08. The predicted octanol–water partition coefficient (Wildman–Crippen LogP) is 10.3. The highest BCUT2D eigenvalue weighted by molar-refractivity contribution is 7.80. The quantitative estimate of drug-likeness (QED) is 0.0194. The molecule has 1 fully saturated rings. The van der Waals surface area contributed by atoms with Crippen molar-refractivity contribution in [2.45, 2.75) is 275 Å². The van der Waals surface area contributed by atoms with Crippen molar-refractivity contribution in [2.75, 3.05) is 13.2 Å². The van der Waals surface area contributed by atoms with Crippen LogP contribution in [0.2, 0.25) is 0 Å². The summed E-state index contributed by atoms with van der Waals surface area (Å²) in [6.07, 6.45) is 35.3. The number of hydrogen-bond donors (Lipinski definition) is 6. The maximum absolute atomic E-state index is 13.1. The van der Waals surface area contributed by atoms with Gasteiger partial charge in [-0.15, -0.1) is 0 Å². The van der Waals surface area contributed by atoms with Gasteiger partial charge in [-0.1, -0.05) is 219 Å². The molecule has 0 aliphatic carbocycles. The molecule has 1 aliphatic rings. The van der Waals surface area contributed by atoms with Gasteiger partial charge in [0, 0.05) is 6.42 Å². The minimum absolute atomic E-state index is 0.258. The molecule has 1 rings (SSSR count). The lowest BCUT2D eigenvalue weighted by atomic mass is 9.99. The van der Waals surface area contributed by atoms with Gasteiger partial charge in [-0.05, 0) is 19.3 Å². The van der Waals surface area contributed by atoms with Crippen molar-refractivity contribution in [1.29, 1.82) is 0 Å². The van der Waals surface area contributed by atoms with E-state index >= 15 is 0 Å². The summed E-state index contributed by atoms with van der Waals surface area (Å²) < 4.78 is 47.7. The number of unbranched alkanes of at least 4 members (excludes halogenated alkanes) is 31. The highest BCUT2D eigenvalue weighted by atomic mass is 32.3. The van der Waals surface area contributed by atoms with Crippen molar-refractivity contribution in [3.8, 4) is 0 Å². The first-order valence-electron chi connectivity index (χ1n) is 25.1. The van der Waals surface area contributed by atoms with E-state index in [0.717, 1.165) is 38.5 Å². The number of carbonyl (C=O) groups is 1. The lowest BCUT2D eigenvalue weighted by molar-refractivity contribution is -0.298. The summed E-state index contributed by atoms with van der Waals surface area (Å²) in [5.74, 6) is -0.258. The van der Waals surface area contributed by atoms with Crippen molar-refractivity contribution in [2.24, 2.45) is 0 Å². The number of ether oxygens (including phenoxy) is 2. The van der Waals surface area contributed by atoms with Crippen molar-refractivity contribution in [3.05, 3.63) is 12.2 Å². The number of allylic oxidation sites excluding steroid dienone is 1. The van der Waals surface area contributed by atoms with Crippen molar-refractivity contribution < 1.29 is 51.8 Å². The van der Waals surface area contributed by atoms with Crippen LogP contribution in [0.15, 0.2) is 12.2 Å². The fraction of sp³-hybridized carbons (Fsp3) is 0.938. The molecule has 1 heterocycles. The molecule has 1 aliphatic heterocycles. The van der Waals surface area contributed by atoms with Gasteiger partial charge in [0.25, 0.3) is 0 Å². The van der Waals surface area contributed by atoms with E-state index in [2.05, 4.69) is 23.3 Å². The van der Waals surface area contributed by atoms with Gasteiger partial charge in [-0.3, -0.25) is 9.35 Å². The SMILES string of the molecule is CCCCCCCCCCCCCCC/C=C/C(O)C(COC1OC(CO)C(O)C(OS(=O)(=O)O)C1O)NC(=O)CCCCCCCCCCCCCCCCCCCCC. The Bertz CT molecular complexity index is 1140. The van der Waals surface area contributed by atoms with E-state index in [1.54, 1.807) is 6.08 Å². The Morgan fingerprint density at radius 1 is 0.639 bits per heavy atom. The summed E-state index contributed by atoms with van der Waals surface area (Å²) in [6, 6.07) is -0.938. The topological polar surface area (TPSA) is 192 Å². The minimum atomic E-state index is -5.08. The molecule has 0 aromatic heterocycles. The van der Waals surface area contributed by atoms with Crippen LogP contribution in [0.4, 0.5) is 0 Å². The Morgan fingerprint density at radius 3 is 1.43 bits per heavy atom. The van der Waals surface area contributed by atoms with E-state index in [9.17, 15) is 38.2 Å². The zero-order chi connectivity index (χ0) is 44.8. The van der Waals surface area contributed by atoms with Crippen molar-refractivity contribution in [3.63, 3.8) is 0 Å². The smallest absolute Gasteiger partial charge is 0.394 e. The molecule has 12 nitrogen and oxygen atoms in total. The standard InChI is InChI=1S/C48H93NO11S/c1-3-5-7-9-11-13-15-17-19-20-21-22-24-26-28-30-32-34-36-38-44(52)49-41(40-58-48-46(54)47(60-61(55,56)57)45(53)43(39-50)59-48)42(51)37-35-33-31-29-27-25-23-18-16-14-12-10-8-6-4-2/h35,37,41-43,45-48,50-51,53-54H,3-34,36,38-40H2,1-2H3,(H,49,52)(H,55,56,57)/b37-35+. The van der Waals surface area contributed by atoms with Gasteiger partial charge < -0.3 is 35.2 Å². The second-order valence-electron chi connectivity index (χ2n) is 17.8. The highest BCUT2D eigenvalue weighted by Gasteiger charge is 2.48. The minimum Gasteiger partial charge on any atom is -0.394 e. The summed E-state index contributed by atoms with van der Waals surface area (Å²) in [6.45, 7) is 3.41. The summed E-state index contributed by atoms with van der Waals surface area (Å²) in [4.78, 5) is 13.1. The highest BCUT2D eigenvalue weighted by Crippen LogP contribution is 2.26. The van der Waals surface area contributed by atoms with Crippen LogP contribution in [-0.2, 0) is 28.9 Å². The summed E-state index contributed by atoms with van der Waals surface area (Å²) in [5.41, 5.74) is 0. The number of amides is 1. The molecule has 1 saturated heterocycles. The molecule has 0 bridgehead atoms. The fourth-order valence-electron chi connectivity index (χ4n) is 8.16. The average molecular weight is 892 g/mol. The molecule has 7 unspecified atom stereocenters. The monoisotopic (exact) mass is 892 g/mol. The van der Waals surface area contributed by atoms with Gasteiger partial charge in [-0.25, -0.2) is 4.18 Å². The van der Waals surface area contributed by atoms with E-state index < -0.39 is 59.9 Å². The second-order valence-corrected chi connectivity index (χ2v) is 18.8. The Balaban J connectivity index is 2.46. The first-order chi connectivity index (χ1) is 29.5. The van der Waals surface area contributed by atoms with Crippen molar-refractivity contribution >= 4 is 16.3 Å². The third kappa shape index (κ3) is 32.2. The summed E-state index contributed by atoms with van der Waals surface area (Å²) in [5, 5.41) is 44.8. The Kier molecular flexibility index (Phi) is 37.2. The maximum atomic E-state index is 13.1. The molecule has 7 atom stereocenters. The van der Waals surface area contributed by atoms with Crippen LogP contribution in [0, 0.1) is 0 Å². The number of rotatable bonds is 43. The summed E-state index contributed by atoms with van der Waals surface area (Å²) >= 11 is 0. The number of nitrogens with one attached hydrogen (secondary N) is 1. The maximum Gasteiger partial charge on any atom is 0.397 e. The van der Waals surface area contributed by atoms with Crippen molar-refractivity contribution in [1.82, 2.24) is 5.32 Å². The fourth-order valence-corrected chi connectivity index (χ4v) is 8.67. The second kappa shape index (κ2) is 39.2. The Hall–Kier alpha value is -1.16. The Morgan fingerprint density at radius 2 is 1.03 bits per heavy atom. The van der Waals surface area contributed by atoms with Crippen LogP contribution in [0.1, 0.15) is 232 Å². The number of hydrogen-bond acceptors (Lipinski definition) is 10. The van der Waals surface area contributed by atoms with E-state index in [1.807, 2.05) is 6.08 Å². The lowest BCUT2D eigenvalue weighted by Crippen LogP contribution is -2.61. The van der Waals surface area contributed by atoms with Gasteiger partial charge >= 0.3 is 10.4 Å². The van der Waals surface area contributed by atoms with Crippen LogP contribution < -0.4 is 5.32 Å². The van der Waals surface area contributed by atoms with Gasteiger partial charge in [0.1, 0.15) is 24.4 Å². The number of aliphatic hydroxyl groups is 4. The van der Waals surface area contributed by atoms with Crippen LogP contribution in [-0.4, -0.2) is 95.4 Å². The van der Waals surface area contributed by atoms with Crippen LogP contribution >= 0.6 is 0 Å². The lowest BCUT2D eigenvalue weighted by Gasteiger charge is -2.41. The van der Waals surface area contributed by atoms with Gasteiger partial charge in [-0.2, -0.15) is 8.42 Å². The first kappa shape index (κ1) is 57.9. The normalized spacial score (nSPS) is 20.7. The third-order valence-corrected chi connectivity index (χ3v) is 12.5. The number of aliphatic hydroxyl groups excluding tert-OH is 4. The Labute approximate surface area is 372 Å². The molecule has 0 aromatic carbocycles. The van der Waals surface area contributed by atoms with E-state index in [4.69, 9.17) is 9.47 Å². The predicted molar refractivity (Wildman–Crippen MR) is 246 cm³/mol. The van der Waals surface area contributed by atoms with Crippen LogP contribution in [0.25, 0.3) is 0 Å². The van der Waals surface area contributed by atoms with Gasteiger partial charge in [0.05, 0.1) is 25.4 Å². The largest absolute Gasteiger partial charge is 0.397 e. The molecule has 0 aromatic rings. The van der Waals surface area contributed by atoms with Gasteiger partial charge in [0.15, 0.2) is 6.29 Å². The molecule has 1 amide bonds. The van der Waals surface area contributed by atoms with Crippen LogP contribution in [0.3, 0.4) is 0 Å². The van der Waals surface area contributed by atoms with E-state index in [0.29, 0.717) is 6.42 Å².